The number of thioether (sulfide) groups is 1. The lowest BCUT2D eigenvalue weighted by atomic mass is 10.2. The van der Waals surface area contributed by atoms with Crippen LogP contribution in [0.15, 0.2) is 76.5 Å². The predicted molar refractivity (Wildman–Crippen MR) is 123 cm³/mol. The summed E-state index contributed by atoms with van der Waals surface area (Å²) in [7, 11) is -4.01. The van der Waals surface area contributed by atoms with Crippen LogP contribution in [0.1, 0.15) is 18.9 Å². The van der Waals surface area contributed by atoms with E-state index in [4.69, 9.17) is 0 Å². The smallest absolute Gasteiger partial charge is 0.284 e. The molecule has 0 bridgehead atoms. The van der Waals surface area contributed by atoms with Crippen LogP contribution in [-0.2, 0) is 26.0 Å². The fraction of sp³-hybridized carbons (Fsp3) is 0.227. The van der Waals surface area contributed by atoms with Gasteiger partial charge in [-0.05, 0) is 36.2 Å². The van der Waals surface area contributed by atoms with Gasteiger partial charge in [0, 0.05) is 18.7 Å². The molecule has 0 spiro atoms. The number of hydrogen-bond donors (Lipinski definition) is 1. The minimum absolute atomic E-state index is 0.0435. The zero-order valence-corrected chi connectivity index (χ0v) is 18.7. The molecule has 0 aliphatic carbocycles. The van der Waals surface area contributed by atoms with Gasteiger partial charge in [0.25, 0.3) is 10.0 Å². The first-order chi connectivity index (χ1) is 14.8. The SMILES string of the molecule is C=CCN1C(=O)C(CC(=O)Nc2ccccc2)S/C1=N\S(=O)(=O)c1ccc(CC)cc1. The normalized spacial score (nSPS) is 17.7. The molecular weight excluding hydrogens is 434 g/mol. The van der Waals surface area contributed by atoms with E-state index in [1.165, 1.54) is 23.1 Å². The molecule has 162 valence electrons. The molecule has 1 heterocycles. The number of carbonyl (C=O) groups excluding carboxylic acids is 2. The van der Waals surface area contributed by atoms with Gasteiger partial charge in [-0.15, -0.1) is 11.0 Å². The summed E-state index contributed by atoms with van der Waals surface area (Å²) < 4.78 is 29.4. The molecule has 1 N–H and O–H groups in total. The van der Waals surface area contributed by atoms with Gasteiger partial charge in [0.15, 0.2) is 5.17 Å². The van der Waals surface area contributed by atoms with Gasteiger partial charge in [0.05, 0.1) is 4.90 Å². The Kier molecular flexibility index (Phi) is 7.29. The van der Waals surface area contributed by atoms with Crippen molar-refractivity contribution in [2.24, 2.45) is 4.40 Å². The minimum Gasteiger partial charge on any atom is -0.326 e. The summed E-state index contributed by atoms with van der Waals surface area (Å²) in [6.07, 6.45) is 2.18. The minimum atomic E-state index is -4.01. The molecule has 1 unspecified atom stereocenters. The summed E-state index contributed by atoms with van der Waals surface area (Å²) in [5.41, 5.74) is 1.63. The van der Waals surface area contributed by atoms with Gasteiger partial charge < -0.3 is 5.32 Å². The van der Waals surface area contributed by atoms with Crippen LogP contribution < -0.4 is 5.32 Å². The predicted octanol–water partition coefficient (Wildman–Crippen LogP) is 3.45. The van der Waals surface area contributed by atoms with Crippen LogP contribution in [0.5, 0.6) is 0 Å². The van der Waals surface area contributed by atoms with Crippen LogP contribution in [0.4, 0.5) is 5.69 Å². The summed E-state index contributed by atoms with van der Waals surface area (Å²) in [6, 6.07) is 15.4. The molecule has 1 fully saturated rings. The van der Waals surface area contributed by atoms with E-state index < -0.39 is 15.3 Å². The van der Waals surface area contributed by atoms with Crippen molar-refractivity contribution in [1.82, 2.24) is 4.90 Å². The molecule has 1 aliphatic heterocycles. The van der Waals surface area contributed by atoms with E-state index in [-0.39, 0.29) is 34.8 Å². The molecule has 9 heteroatoms. The largest absolute Gasteiger partial charge is 0.326 e. The Morgan fingerprint density at radius 2 is 1.87 bits per heavy atom. The van der Waals surface area contributed by atoms with Gasteiger partial charge in [0.1, 0.15) is 5.25 Å². The molecule has 2 aromatic carbocycles. The third-order valence-electron chi connectivity index (χ3n) is 4.59. The number of nitrogens with zero attached hydrogens (tertiary/aromatic N) is 2. The number of nitrogens with one attached hydrogen (secondary N) is 1. The topological polar surface area (TPSA) is 95.9 Å². The van der Waals surface area contributed by atoms with Crippen LogP contribution in [-0.4, -0.2) is 42.1 Å². The van der Waals surface area contributed by atoms with Gasteiger partial charge in [0.2, 0.25) is 11.8 Å². The van der Waals surface area contributed by atoms with Crippen molar-refractivity contribution >= 4 is 44.5 Å². The lowest BCUT2D eigenvalue weighted by molar-refractivity contribution is -0.127. The van der Waals surface area contributed by atoms with Crippen LogP contribution in [0.3, 0.4) is 0 Å². The summed E-state index contributed by atoms with van der Waals surface area (Å²) in [5.74, 6) is -0.710. The van der Waals surface area contributed by atoms with Crippen molar-refractivity contribution in [2.75, 3.05) is 11.9 Å². The Labute approximate surface area is 186 Å². The Bertz CT molecular complexity index is 1100. The first kappa shape index (κ1) is 22.8. The zero-order chi connectivity index (χ0) is 22.4. The highest BCUT2D eigenvalue weighted by Crippen LogP contribution is 2.31. The van der Waals surface area contributed by atoms with E-state index >= 15 is 0 Å². The third-order valence-corrected chi connectivity index (χ3v) is 7.16. The average molecular weight is 458 g/mol. The maximum atomic E-state index is 12.8. The van der Waals surface area contributed by atoms with Crippen molar-refractivity contribution in [1.29, 1.82) is 0 Å². The fourth-order valence-corrected chi connectivity index (χ4v) is 5.33. The molecule has 3 rings (SSSR count). The second kappa shape index (κ2) is 9.93. The molecule has 31 heavy (non-hydrogen) atoms. The molecule has 0 aromatic heterocycles. The average Bonchev–Trinajstić information content (AvgIpc) is 3.03. The fourth-order valence-electron chi connectivity index (χ4n) is 2.96. The number of para-hydroxylation sites is 1. The van der Waals surface area contributed by atoms with Crippen molar-refractivity contribution in [3.63, 3.8) is 0 Å². The quantitative estimate of drug-likeness (QED) is 0.613. The molecule has 7 nitrogen and oxygen atoms in total. The van der Waals surface area contributed by atoms with E-state index in [1.807, 2.05) is 13.0 Å². The first-order valence-corrected chi connectivity index (χ1v) is 12.0. The highest BCUT2D eigenvalue weighted by molar-refractivity contribution is 8.16. The molecule has 0 saturated carbocycles. The molecule has 2 aromatic rings. The van der Waals surface area contributed by atoms with Crippen LogP contribution in [0.2, 0.25) is 0 Å². The van der Waals surface area contributed by atoms with Crippen molar-refractivity contribution in [3.05, 3.63) is 72.8 Å². The van der Waals surface area contributed by atoms with Crippen LogP contribution in [0.25, 0.3) is 0 Å². The van der Waals surface area contributed by atoms with Gasteiger partial charge >= 0.3 is 0 Å². The number of aryl methyl sites for hydroxylation is 1. The van der Waals surface area contributed by atoms with E-state index in [9.17, 15) is 18.0 Å². The van der Waals surface area contributed by atoms with E-state index in [0.29, 0.717) is 5.69 Å². The maximum Gasteiger partial charge on any atom is 0.284 e. The number of amides is 2. The highest BCUT2D eigenvalue weighted by atomic mass is 32.2. The molecule has 1 saturated heterocycles. The molecule has 1 atom stereocenters. The summed E-state index contributed by atoms with van der Waals surface area (Å²) in [4.78, 5) is 26.5. The second-order valence-corrected chi connectivity index (χ2v) is 9.58. The second-order valence-electron chi connectivity index (χ2n) is 6.81. The molecule has 2 amide bonds. The summed E-state index contributed by atoms with van der Waals surface area (Å²) >= 11 is 0.974. The van der Waals surface area contributed by atoms with Gasteiger partial charge in [-0.2, -0.15) is 8.42 Å². The van der Waals surface area contributed by atoms with E-state index in [0.717, 1.165) is 23.7 Å². The lowest BCUT2D eigenvalue weighted by Crippen LogP contribution is -2.33. The van der Waals surface area contributed by atoms with Gasteiger partial charge in [-0.3, -0.25) is 14.5 Å². The van der Waals surface area contributed by atoms with E-state index in [1.54, 1.807) is 36.4 Å². The summed E-state index contributed by atoms with van der Waals surface area (Å²) in [5, 5.41) is 2.01. The Morgan fingerprint density at radius 3 is 2.48 bits per heavy atom. The first-order valence-electron chi connectivity index (χ1n) is 9.71. The molecular formula is C22H23N3O4S2. The molecule has 1 aliphatic rings. The lowest BCUT2D eigenvalue weighted by Gasteiger charge is -2.13. The van der Waals surface area contributed by atoms with Crippen LogP contribution in [0, 0.1) is 0 Å². The van der Waals surface area contributed by atoms with Crippen molar-refractivity contribution < 1.29 is 18.0 Å². The number of hydrogen-bond acceptors (Lipinski definition) is 5. The Hall–Kier alpha value is -2.91. The van der Waals surface area contributed by atoms with E-state index in [2.05, 4.69) is 16.3 Å². The van der Waals surface area contributed by atoms with Crippen molar-refractivity contribution in [2.45, 2.75) is 29.9 Å². The Balaban J connectivity index is 1.79. The van der Waals surface area contributed by atoms with Gasteiger partial charge in [-0.1, -0.05) is 55.1 Å². The number of benzene rings is 2. The number of anilines is 1. The maximum absolute atomic E-state index is 12.8. The highest BCUT2D eigenvalue weighted by Gasteiger charge is 2.39. The number of sulfonamides is 1. The van der Waals surface area contributed by atoms with Crippen molar-refractivity contribution in [3.8, 4) is 0 Å². The number of rotatable bonds is 8. The third kappa shape index (κ3) is 5.62. The summed E-state index contributed by atoms with van der Waals surface area (Å²) in [6.45, 7) is 5.70. The molecule has 0 radical (unpaired) electrons. The van der Waals surface area contributed by atoms with Gasteiger partial charge in [-0.25, -0.2) is 0 Å². The Morgan fingerprint density at radius 1 is 1.19 bits per heavy atom. The monoisotopic (exact) mass is 457 g/mol. The number of amidine groups is 1. The van der Waals surface area contributed by atoms with Crippen LogP contribution >= 0.6 is 11.8 Å². The zero-order valence-electron chi connectivity index (χ0n) is 17.0. The standard InChI is InChI=1S/C22H23N3O4S2/c1-3-14-25-21(27)19(15-20(26)23-17-8-6-5-7-9-17)30-22(25)24-31(28,29)18-12-10-16(4-2)11-13-18/h3,5-13,19H,1,4,14-15H2,2H3,(H,23,26)/b24-22-. The number of carbonyl (C=O) groups is 2.